The van der Waals surface area contributed by atoms with Crippen LogP contribution in [0.5, 0.6) is 0 Å². The van der Waals surface area contributed by atoms with E-state index < -0.39 is 0 Å². The van der Waals surface area contributed by atoms with Gasteiger partial charge in [0.05, 0.1) is 5.52 Å². The number of fused-ring (bicyclic) bond motifs is 1. The average molecular weight is 428 g/mol. The van der Waals surface area contributed by atoms with Gasteiger partial charge >= 0.3 is 0 Å². The second-order valence-electron chi connectivity index (χ2n) is 6.54. The van der Waals surface area contributed by atoms with Crippen LogP contribution in [0.2, 0.25) is 0 Å². The van der Waals surface area contributed by atoms with Gasteiger partial charge in [-0.1, -0.05) is 15.9 Å². The van der Waals surface area contributed by atoms with Crippen molar-refractivity contribution in [2.24, 2.45) is 0 Å². The normalized spacial score (nSPS) is 15.2. The molecule has 0 bridgehead atoms. The van der Waals surface area contributed by atoms with Crippen LogP contribution in [0.15, 0.2) is 47.5 Å². The predicted molar refractivity (Wildman–Crippen MR) is 111 cm³/mol. The predicted octanol–water partition coefficient (Wildman–Crippen LogP) is 2.81. The topological polar surface area (TPSA) is 70.1 Å². The molecule has 27 heavy (non-hydrogen) atoms. The zero-order valence-corrected chi connectivity index (χ0v) is 16.6. The van der Waals surface area contributed by atoms with Crippen LogP contribution in [-0.4, -0.2) is 64.1 Å². The quantitative estimate of drug-likeness (QED) is 0.606. The Balaban J connectivity index is 1.24. The lowest BCUT2D eigenvalue weighted by molar-refractivity contribution is 0.256. The maximum atomic E-state index is 4.40. The van der Waals surface area contributed by atoms with Gasteiger partial charge in [0.1, 0.15) is 12.1 Å². The Hall–Kier alpha value is -2.32. The molecule has 4 rings (SSSR count). The molecule has 2 aromatic heterocycles. The van der Waals surface area contributed by atoms with Crippen molar-refractivity contribution in [3.8, 4) is 0 Å². The van der Waals surface area contributed by atoms with Gasteiger partial charge in [-0.25, -0.2) is 19.9 Å². The molecule has 1 aliphatic heterocycles. The van der Waals surface area contributed by atoms with Crippen LogP contribution in [0.1, 0.15) is 6.42 Å². The summed E-state index contributed by atoms with van der Waals surface area (Å²) in [5.41, 5.74) is 0.954. The molecule has 1 fully saturated rings. The molecule has 0 saturated carbocycles. The van der Waals surface area contributed by atoms with E-state index in [2.05, 4.69) is 57.0 Å². The molecule has 8 heteroatoms. The second-order valence-corrected chi connectivity index (χ2v) is 7.46. The molecule has 3 aromatic rings. The molecule has 0 radical (unpaired) electrons. The molecule has 1 N–H and O–H groups in total. The molecule has 0 amide bonds. The van der Waals surface area contributed by atoms with E-state index in [1.54, 1.807) is 18.7 Å². The third kappa shape index (κ3) is 4.51. The number of nitrogens with zero attached hydrogens (tertiary/aromatic N) is 6. The minimum atomic E-state index is 0.834. The van der Waals surface area contributed by atoms with Crippen molar-refractivity contribution in [3.63, 3.8) is 0 Å². The first-order valence-electron chi connectivity index (χ1n) is 9.18. The number of halogens is 1. The van der Waals surface area contributed by atoms with Crippen LogP contribution < -0.4 is 10.2 Å². The number of nitrogens with one attached hydrogen (secondary N) is 1. The van der Waals surface area contributed by atoms with Crippen LogP contribution in [0.4, 0.5) is 11.8 Å². The lowest BCUT2D eigenvalue weighted by atomic mass is 10.2. The maximum Gasteiger partial charge on any atom is 0.225 e. The SMILES string of the molecule is Brc1ccc2ncnc(NCCCN3CCN(c4ncccn4)CC3)c2c1. The number of aromatic nitrogens is 4. The van der Waals surface area contributed by atoms with E-state index in [1.807, 2.05) is 18.2 Å². The molecule has 7 nitrogen and oxygen atoms in total. The molecule has 0 aliphatic carbocycles. The largest absolute Gasteiger partial charge is 0.369 e. The highest BCUT2D eigenvalue weighted by atomic mass is 79.9. The Morgan fingerprint density at radius 1 is 1.00 bits per heavy atom. The summed E-state index contributed by atoms with van der Waals surface area (Å²) in [6.45, 7) is 6.00. The number of hydrogen-bond donors (Lipinski definition) is 1. The Kier molecular flexibility index (Phi) is 5.74. The Morgan fingerprint density at radius 3 is 2.63 bits per heavy atom. The molecule has 0 unspecified atom stereocenters. The zero-order chi connectivity index (χ0) is 18.5. The van der Waals surface area contributed by atoms with Crippen molar-refractivity contribution < 1.29 is 0 Å². The summed E-state index contributed by atoms with van der Waals surface area (Å²) in [6, 6.07) is 7.91. The van der Waals surface area contributed by atoms with Gasteiger partial charge in [-0.3, -0.25) is 4.90 Å². The Labute approximate surface area is 167 Å². The van der Waals surface area contributed by atoms with Gasteiger partial charge in [0.15, 0.2) is 0 Å². The van der Waals surface area contributed by atoms with E-state index in [0.717, 1.165) is 72.8 Å². The van der Waals surface area contributed by atoms with E-state index in [0.29, 0.717) is 0 Å². The van der Waals surface area contributed by atoms with Gasteiger partial charge in [0, 0.05) is 55.0 Å². The summed E-state index contributed by atoms with van der Waals surface area (Å²) in [7, 11) is 0. The summed E-state index contributed by atoms with van der Waals surface area (Å²) in [5, 5.41) is 4.50. The summed E-state index contributed by atoms with van der Waals surface area (Å²) in [6.07, 6.45) is 6.29. The molecule has 3 heterocycles. The van der Waals surface area contributed by atoms with Gasteiger partial charge in [-0.15, -0.1) is 0 Å². The zero-order valence-electron chi connectivity index (χ0n) is 15.1. The molecule has 1 aromatic carbocycles. The maximum absolute atomic E-state index is 4.40. The third-order valence-corrected chi connectivity index (χ3v) is 5.24. The fourth-order valence-electron chi connectivity index (χ4n) is 3.31. The minimum Gasteiger partial charge on any atom is -0.369 e. The molecule has 1 saturated heterocycles. The Morgan fingerprint density at radius 2 is 1.81 bits per heavy atom. The minimum absolute atomic E-state index is 0.834. The monoisotopic (exact) mass is 427 g/mol. The van der Waals surface area contributed by atoms with Gasteiger partial charge in [0.25, 0.3) is 0 Å². The highest BCUT2D eigenvalue weighted by molar-refractivity contribution is 9.10. The fraction of sp³-hybridized carbons (Fsp3) is 0.368. The van der Waals surface area contributed by atoms with E-state index >= 15 is 0 Å². The molecule has 0 spiro atoms. The summed E-state index contributed by atoms with van der Waals surface area (Å²) in [5.74, 6) is 1.73. The van der Waals surface area contributed by atoms with Crippen LogP contribution in [0.25, 0.3) is 10.9 Å². The molecule has 0 atom stereocenters. The molecular weight excluding hydrogens is 406 g/mol. The van der Waals surface area contributed by atoms with Crippen LogP contribution in [-0.2, 0) is 0 Å². The third-order valence-electron chi connectivity index (χ3n) is 4.75. The van der Waals surface area contributed by atoms with Crippen molar-refractivity contribution in [3.05, 3.63) is 47.5 Å². The van der Waals surface area contributed by atoms with Crippen molar-refractivity contribution in [2.45, 2.75) is 6.42 Å². The highest BCUT2D eigenvalue weighted by Gasteiger charge is 2.18. The van der Waals surface area contributed by atoms with E-state index in [1.165, 1.54) is 0 Å². The number of rotatable bonds is 6. The van der Waals surface area contributed by atoms with E-state index in [4.69, 9.17) is 0 Å². The van der Waals surface area contributed by atoms with Crippen LogP contribution in [0.3, 0.4) is 0 Å². The standard InChI is InChI=1S/C19H22BrN7/c20-15-3-4-17-16(13-15)18(25-14-24-17)21-7-2-8-26-9-11-27(12-10-26)19-22-5-1-6-23-19/h1,3-6,13-14H,2,7-12H2,(H,21,24,25). The van der Waals surface area contributed by atoms with Crippen LogP contribution >= 0.6 is 15.9 Å². The van der Waals surface area contributed by atoms with Gasteiger partial charge in [-0.05, 0) is 37.2 Å². The second kappa shape index (κ2) is 8.58. The van der Waals surface area contributed by atoms with Gasteiger partial charge in [0.2, 0.25) is 5.95 Å². The van der Waals surface area contributed by atoms with Gasteiger partial charge in [-0.2, -0.15) is 0 Å². The van der Waals surface area contributed by atoms with Crippen molar-refractivity contribution in [1.29, 1.82) is 0 Å². The van der Waals surface area contributed by atoms with E-state index in [9.17, 15) is 0 Å². The summed E-state index contributed by atoms with van der Waals surface area (Å²) < 4.78 is 1.04. The van der Waals surface area contributed by atoms with Crippen molar-refractivity contribution >= 4 is 38.6 Å². The van der Waals surface area contributed by atoms with E-state index in [-0.39, 0.29) is 0 Å². The smallest absolute Gasteiger partial charge is 0.225 e. The number of benzene rings is 1. The first-order valence-corrected chi connectivity index (χ1v) is 9.97. The fourth-order valence-corrected chi connectivity index (χ4v) is 3.67. The van der Waals surface area contributed by atoms with Crippen molar-refractivity contribution in [2.75, 3.05) is 49.5 Å². The Bertz CT molecular complexity index is 882. The number of piperazine rings is 1. The van der Waals surface area contributed by atoms with Gasteiger partial charge < -0.3 is 10.2 Å². The first-order chi connectivity index (χ1) is 13.3. The first kappa shape index (κ1) is 18.1. The summed E-state index contributed by atoms with van der Waals surface area (Å²) >= 11 is 3.52. The molecule has 1 aliphatic rings. The molecular formula is C19H22BrN7. The number of anilines is 2. The lowest BCUT2D eigenvalue weighted by Crippen LogP contribution is -2.47. The summed E-state index contributed by atoms with van der Waals surface area (Å²) in [4.78, 5) is 22.1. The number of hydrogen-bond acceptors (Lipinski definition) is 7. The molecule has 140 valence electrons. The highest BCUT2D eigenvalue weighted by Crippen LogP contribution is 2.23. The lowest BCUT2D eigenvalue weighted by Gasteiger charge is -2.34. The van der Waals surface area contributed by atoms with Crippen LogP contribution in [0, 0.1) is 0 Å². The van der Waals surface area contributed by atoms with Crippen molar-refractivity contribution in [1.82, 2.24) is 24.8 Å². The average Bonchev–Trinajstić information content (AvgIpc) is 2.72.